The molecule has 10 nitrogen and oxygen atoms in total. The van der Waals surface area contributed by atoms with Gasteiger partial charge in [0.25, 0.3) is 5.56 Å². The molecular formula is C17H24ClN5O5. The smallest absolute Gasteiger partial charge is 0.407 e. The topological polar surface area (TPSA) is 126 Å². The van der Waals surface area contributed by atoms with Crippen molar-refractivity contribution in [2.45, 2.75) is 50.3 Å². The summed E-state index contributed by atoms with van der Waals surface area (Å²) in [6, 6.07) is 0.0873. The van der Waals surface area contributed by atoms with E-state index >= 15 is 0 Å². The lowest BCUT2D eigenvalue weighted by Crippen LogP contribution is -2.44. The van der Waals surface area contributed by atoms with Crippen LogP contribution in [0.25, 0.3) is 0 Å². The normalized spacial score (nSPS) is 24.5. The Morgan fingerprint density at radius 3 is 2.46 bits per heavy atom. The Morgan fingerprint density at radius 2 is 1.82 bits per heavy atom. The summed E-state index contributed by atoms with van der Waals surface area (Å²) in [4.78, 5) is 36.9. The zero-order valence-electron chi connectivity index (χ0n) is 15.6. The van der Waals surface area contributed by atoms with E-state index < -0.39 is 17.7 Å². The first kappa shape index (κ1) is 20.2. The maximum absolute atomic E-state index is 12.2. The fraction of sp³-hybridized carbons (Fsp3) is 0.647. The largest absolute Gasteiger partial charge is 0.453 e. The molecule has 3 N–H and O–H groups in total. The van der Waals surface area contributed by atoms with E-state index in [-0.39, 0.29) is 23.2 Å². The summed E-state index contributed by atoms with van der Waals surface area (Å²) in [6.45, 7) is 1.07. The molecule has 0 spiro atoms. The molecule has 1 aromatic rings. The van der Waals surface area contributed by atoms with Crippen LogP contribution in [0.3, 0.4) is 0 Å². The summed E-state index contributed by atoms with van der Waals surface area (Å²) in [5.41, 5.74) is 0.0897. The van der Waals surface area contributed by atoms with Crippen LogP contribution >= 0.6 is 11.6 Å². The number of methoxy groups -OCH3 is 1. The van der Waals surface area contributed by atoms with E-state index in [2.05, 4.69) is 25.6 Å². The number of carbonyl (C=O) groups is 2. The van der Waals surface area contributed by atoms with Gasteiger partial charge in [-0.05, 0) is 25.7 Å². The number of hydrogen-bond donors (Lipinski definition) is 3. The number of alkyl carbamates (subject to hydrolysis) is 2. The standard InChI is InChI=1S/C17H24ClN5O5/c1-27-16(25)20-10-2-4-11(5-3-10)21-17(26)28-12-6-7-23(9-12)13-8-19-22-15(24)14(13)18/h8,10-12H,2-7,9H2,1H3,(H,20,25)(H,21,26)(H,22,24)/t10?,11?,12-/m1/s1. The Hall–Kier alpha value is -2.49. The molecule has 2 aliphatic rings. The van der Waals surface area contributed by atoms with Gasteiger partial charge in [0.05, 0.1) is 25.5 Å². The molecule has 1 aromatic heterocycles. The van der Waals surface area contributed by atoms with Crippen LogP contribution in [-0.4, -0.2) is 60.8 Å². The van der Waals surface area contributed by atoms with Crippen molar-refractivity contribution in [3.63, 3.8) is 0 Å². The van der Waals surface area contributed by atoms with Gasteiger partial charge in [-0.2, -0.15) is 5.10 Å². The number of anilines is 1. The average molecular weight is 414 g/mol. The summed E-state index contributed by atoms with van der Waals surface area (Å²) in [7, 11) is 1.34. The predicted octanol–water partition coefficient (Wildman–Crippen LogP) is 1.40. The highest BCUT2D eigenvalue weighted by Crippen LogP contribution is 2.26. The second-order valence-electron chi connectivity index (χ2n) is 6.99. The van der Waals surface area contributed by atoms with E-state index in [0.717, 1.165) is 25.7 Å². The molecule has 0 bridgehead atoms. The van der Waals surface area contributed by atoms with E-state index in [1.807, 2.05) is 4.90 Å². The maximum Gasteiger partial charge on any atom is 0.407 e. The minimum absolute atomic E-state index is 0.0204. The summed E-state index contributed by atoms with van der Waals surface area (Å²) >= 11 is 6.03. The van der Waals surface area contributed by atoms with Crippen molar-refractivity contribution >= 4 is 29.5 Å². The van der Waals surface area contributed by atoms with Crippen molar-refractivity contribution in [3.8, 4) is 0 Å². The van der Waals surface area contributed by atoms with Crippen LogP contribution < -0.4 is 21.1 Å². The van der Waals surface area contributed by atoms with E-state index in [1.54, 1.807) is 0 Å². The third-order valence-corrected chi connectivity index (χ3v) is 5.46. The minimum Gasteiger partial charge on any atom is -0.453 e. The molecule has 1 aliphatic heterocycles. The molecule has 0 aromatic carbocycles. The van der Waals surface area contributed by atoms with Gasteiger partial charge in [-0.3, -0.25) is 4.79 Å². The van der Waals surface area contributed by atoms with Crippen LogP contribution in [0.15, 0.2) is 11.0 Å². The van der Waals surface area contributed by atoms with Crippen molar-refractivity contribution < 1.29 is 19.1 Å². The number of rotatable bonds is 4. The van der Waals surface area contributed by atoms with Gasteiger partial charge in [0, 0.05) is 25.0 Å². The third kappa shape index (κ3) is 5.06. The van der Waals surface area contributed by atoms with Gasteiger partial charge in [0.1, 0.15) is 11.1 Å². The van der Waals surface area contributed by atoms with Gasteiger partial charge in [0.15, 0.2) is 0 Å². The van der Waals surface area contributed by atoms with Gasteiger partial charge in [-0.25, -0.2) is 14.7 Å². The van der Waals surface area contributed by atoms with E-state index in [0.29, 0.717) is 25.2 Å². The Bertz CT molecular complexity index is 765. The Balaban J connectivity index is 1.42. The number of H-pyrrole nitrogens is 1. The highest BCUT2D eigenvalue weighted by molar-refractivity contribution is 6.33. The van der Waals surface area contributed by atoms with Gasteiger partial charge in [-0.15, -0.1) is 0 Å². The molecule has 1 saturated carbocycles. The monoisotopic (exact) mass is 413 g/mol. The van der Waals surface area contributed by atoms with E-state index in [1.165, 1.54) is 13.3 Å². The molecule has 2 fully saturated rings. The van der Waals surface area contributed by atoms with Crippen LogP contribution in [0, 0.1) is 0 Å². The summed E-state index contributed by atoms with van der Waals surface area (Å²) in [5.74, 6) is 0. The highest BCUT2D eigenvalue weighted by atomic mass is 35.5. The first-order chi connectivity index (χ1) is 13.5. The zero-order valence-corrected chi connectivity index (χ0v) is 16.3. The van der Waals surface area contributed by atoms with Gasteiger partial charge in [-0.1, -0.05) is 11.6 Å². The second kappa shape index (κ2) is 9.13. The molecule has 1 atom stereocenters. The molecule has 0 unspecified atom stereocenters. The van der Waals surface area contributed by atoms with Gasteiger partial charge in [0.2, 0.25) is 0 Å². The molecule has 11 heteroatoms. The van der Waals surface area contributed by atoms with Crippen LogP contribution in [0.4, 0.5) is 15.3 Å². The molecule has 2 heterocycles. The van der Waals surface area contributed by atoms with Gasteiger partial charge < -0.3 is 25.0 Å². The lowest BCUT2D eigenvalue weighted by atomic mass is 9.91. The Kier molecular flexibility index (Phi) is 6.61. The Morgan fingerprint density at radius 1 is 1.18 bits per heavy atom. The number of aromatic amines is 1. The fourth-order valence-electron chi connectivity index (χ4n) is 3.60. The lowest BCUT2D eigenvalue weighted by Gasteiger charge is -2.29. The quantitative estimate of drug-likeness (QED) is 0.681. The molecule has 2 amide bonds. The molecule has 28 heavy (non-hydrogen) atoms. The van der Waals surface area contributed by atoms with Crippen molar-refractivity contribution in [1.29, 1.82) is 0 Å². The Labute approximate surface area is 166 Å². The minimum atomic E-state index is -0.452. The molecular weight excluding hydrogens is 390 g/mol. The molecule has 1 aliphatic carbocycles. The van der Waals surface area contributed by atoms with E-state index in [4.69, 9.17) is 16.3 Å². The number of ether oxygens (including phenoxy) is 2. The van der Waals surface area contributed by atoms with Crippen molar-refractivity contribution in [2.75, 3.05) is 25.1 Å². The number of aromatic nitrogens is 2. The maximum atomic E-state index is 12.2. The number of amides is 2. The first-order valence-electron chi connectivity index (χ1n) is 9.26. The fourth-order valence-corrected chi connectivity index (χ4v) is 3.81. The molecule has 0 radical (unpaired) electrons. The highest BCUT2D eigenvalue weighted by Gasteiger charge is 2.29. The van der Waals surface area contributed by atoms with Crippen LogP contribution in [0.1, 0.15) is 32.1 Å². The summed E-state index contributed by atoms with van der Waals surface area (Å²) in [5, 5.41) is 11.8. The van der Waals surface area contributed by atoms with Crippen LogP contribution in [0.5, 0.6) is 0 Å². The second-order valence-corrected chi connectivity index (χ2v) is 7.37. The number of hydrogen-bond acceptors (Lipinski definition) is 7. The molecule has 154 valence electrons. The first-order valence-corrected chi connectivity index (χ1v) is 9.63. The number of carbonyl (C=O) groups excluding carboxylic acids is 2. The van der Waals surface area contributed by atoms with Crippen molar-refractivity contribution in [1.82, 2.24) is 20.8 Å². The molecule has 1 saturated heterocycles. The van der Waals surface area contributed by atoms with Gasteiger partial charge >= 0.3 is 12.2 Å². The lowest BCUT2D eigenvalue weighted by molar-refractivity contribution is 0.102. The number of nitrogens with zero attached hydrogens (tertiary/aromatic N) is 2. The molecule has 3 rings (SSSR count). The third-order valence-electron chi connectivity index (χ3n) is 5.09. The number of nitrogens with one attached hydrogen (secondary N) is 3. The van der Waals surface area contributed by atoms with E-state index in [9.17, 15) is 14.4 Å². The summed E-state index contributed by atoms with van der Waals surface area (Å²) in [6.07, 6.45) is 4.02. The van der Waals surface area contributed by atoms with Crippen LogP contribution in [-0.2, 0) is 9.47 Å². The van der Waals surface area contributed by atoms with Crippen molar-refractivity contribution in [3.05, 3.63) is 21.6 Å². The van der Waals surface area contributed by atoms with Crippen LogP contribution in [0.2, 0.25) is 5.02 Å². The summed E-state index contributed by atoms with van der Waals surface area (Å²) < 4.78 is 10.1. The van der Waals surface area contributed by atoms with Crippen molar-refractivity contribution in [2.24, 2.45) is 0 Å². The zero-order chi connectivity index (χ0) is 20.1. The SMILES string of the molecule is COC(=O)NC1CCC(NC(=O)O[C@@H]2CCN(c3cn[nH]c(=O)c3Cl)C2)CC1. The predicted molar refractivity (Wildman–Crippen MR) is 102 cm³/mol. The number of halogens is 1. The average Bonchev–Trinajstić information content (AvgIpc) is 3.13.